The summed E-state index contributed by atoms with van der Waals surface area (Å²) in [5, 5.41) is 20.4. The molecule has 0 saturated carbocycles. The van der Waals surface area contributed by atoms with Crippen molar-refractivity contribution in [1.29, 1.82) is 0 Å². The maximum Gasteiger partial charge on any atom is 0.277 e. The maximum absolute atomic E-state index is 12.0. The molecule has 9 heteroatoms. The summed E-state index contributed by atoms with van der Waals surface area (Å²) in [7, 11) is 0. The Kier molecular flexibility index (Phi) is 5.21. The van der Waals surface area contributed by atoms with Gasteiger partial charge in [0, 0.05) is 11.5 Å². The lowest BCUT2D eigenvalue weighted by molar-refractivity contribution is -0.113. The standard InChI is InChI=1S/C15H15N5O2S2/c1-9(2)13-18-19-14(24-13)16-11(21)8-23-15-20-17-12(22-15)10-6-4-3-5-7-10/h3-7,9H,8H2,1-2H3,(H,16,19,21). The number of carbonyl (C=O) groups excluding carboxylic acids is 1. The Balaban J connectivity index is 1.54. The Labute approximate surface area is 146 Å². The minimum Gasteiger partial charge on any atom is -0.411 e. The van der Waals surface area contributed by atoms with Crippen LogP contribution in [0.4, 0.5) is 5.13 Å². The highest BCUT2D eigenvalue weighted by Crippen LogP contribution is 2.24. The molecule has 124 valence electrons. The number of anilines is 1. The highest BCUT2D eigenvalue weighted by atomic mass is 32.2. The number of thioether (sulfide) groups is 1. The van der Waals surface area contributed by atoms with Gasteiger partial charge in [0.05, 0.1) is 5.75 Å². The molecule has 1 aromatic carbocycles. The molecule has 3 rings (SSSR count). The molecule has 0 spiro atoms. The molecule has 0 radical (unpaired) electrons. The lowest BCUT2D eigenvalue weighted by Gasteiger charge is -1.98. The number of rotatable bonds is 6. The van der Waals surface area contributed by atoms with Gasteiger partial charge >= 0.3 is 0 Å². The summed E-state index contributed by atoms with van der Waals surface area (Å²) in [5.74, 6) is 0.694. The van der Waals surface area contributed by atoms with Crippen molar-refractivity contribution in [2.75, 3.05) is 11.1 Å². The predicted octanol–water partition coefficient (Wildman–Crippen LogP) is 3.44. The second kappa shape index (κ2) is 7.54. The Morgan fingerprint density at radius 3 is 2.71 bits per heavy atom. The van der Waals surface area contributed by atoms with E-state index in [1.807, 2.05) is 44.2 Å². The molecule has 0 atom stereocenters. The van der Waals surface area contributed by atoms with E-state index in [2.05, 4.69) is 25.7 Å². The van der Waals surface area contributed by atoms with Gasteiger partial charge in [0.1, 0.15) is 5.01 Å². The van der Waals surface area contributed by atoms with Crippen LogP contribution in [0.1, 0.15) is 24.8 Å². The maximum atomic E-state index is 12.0. The molecule has 7 nitrogen and oxygen atoms in total. The number of carbonyl (C=O) groups is 1. The van der Waals surface area contributed by atoms with Gasteiger partial charge in [-0.15, -0.1) is 20.4 Å². The van der Waals surface area contributed by atoms with Crippen LogP contribution < -0.4 is 5.32 Å². The molecule has 2 aromatic heterocycles. The smallest absolute Gasteiger partial charge is 0.277 e. The number of amides is 1. The summed E-state index contributed by atoms with van der Waals surface area (Å²) in [6.07, 6.45) is 0. The minimum absolute atomic E-state index is 0.160. The van der Waals surface area contributed by atoms with Crippen LogP contribution in [0.2, 0.25) is 0 Å². The Morgan fingerprint density at radius 2 is 2.00 bits per heavy atom. The highest BCUT2D eigenvalue weighted by molar-refractivity contribution is 7.99. The molecular formula is C15H15N5O2S2. The fourth-order valence-electron chi connectivity index (χ4n) is 1.77. The van der Waals surface area contributed by atoms with Crippen LogP contribution in [-0.4, -0.2) is 32.1 Å². The lowest BCUT2D eigenvalue weighted by atomic mass is 10.2. The van der Waals surface area contributed by atoms with Gasteiger partial charge in [-0.3, -0.25) is 10.1 Å². The second-order valence-corrected chi connectivity index (χ2v) is 7.11. The third kappa shape index (κ3) is 4.18. The molecule has 3 aromatic rings. The fraction of sp³-hybridized carbons (Fsp3) is 0.267. The fourth-order valence-corrected chi connectivity index (χ4v) is 3.09. The summed E-state index contributed by atoms with van der Waals surface area (Å²) in [5.41, 5.74) is 0.844. The zero-order valence-electron chi connectivity index (χ0n) is 13.1. The van der Waals surface area contributed by atoms with Crippen LogP contribution >= 0.6 is 23.1 Å². The molecule has 0 bridgehead atoms. The van der Waals surface area contributed by atoms with E-state index in [-0.39, 0.29) is 17.6 Å². The number of hydrogen-bond donors (Lipinski definition) is 1. The third-order valence-electron chi connectivity index (χ3n) is 2.93. The van der Waals surface area contributed by atoms with E-state index in [0.29, 0.717) is 16.2 Å². The van der Waals surface area contributed by atoms with E-state index >= 15 is 0 Å². The van der Waals surface area contributed by atoms with Crippen LogP contribution in [0.15, 0.2) is 40.0 Å². The first-order valence-electron chi connectivity index (χ1n) is 7.27. The van der Waals surface area contributed by atoms with Crippen molar-refractivity contribution in [3.05, 3.63) is 35.3 Å². The van der Waals surface area contributed by atoms with Gasteiger partial charge in [-0.05, 0) is 12.1 Å². The highest BCUT2D eigenvalue weighted by Gasteiger charge is 2.13. The second-order valence-electron chi connectivity index (χ2n) is 5.18. The lowest BCUT2D eigenvalue weighted by Crippen LogP contribution is -2.13. The molecule has 1 N–H and O–H groups in total. The van der Waals surface area contributed by atoms with Gasteiger partial charge < -0.3 is 4.42 Å². The Bertz CT molecular complexity index is 816. The topological polar surface area (TPSA) is 93.8 Å². The van der Waals surface area contributed by atoms with E-state index in [0.717, 1.165) is 10.6 Å². The average molecular weight is 361 g/mol. The number of hydrogen-bond acceptors (Lipinski definition) is 8. The first-order valence-corrected chi connectivity index (χ1v) is 9.07. The van der Waals surface area contributed by atoms with Crippen molar-refractivity contribution in [1.82, 2.24) is 20.4 Å². The molecule has 0 aliphatic rings. The average Bonchev–Trinajstić information content (AvgIpc) is 3.23. The van der Waals surface area contributed by atoms with Gasteiger partial charge in [-0.25, -0.2) is 0 Å². The summed E-state index contributed by atoms with van der Waals surface area (Å²) >= 11 is 2.56. The van der Waals surface area contributed by atoms with Gasteiger partial charge in [0.15, 0.2) is 0 Å². The van der Waals surface area contributed by atoms with Crippen molar-refractivity contribution >= 4 is 34.1 Å². The third-order valence-corrected chi connectivity index (χ3v) is 4.89. The van der Waals surface area contributed by atoms with Crippen molar-refractivity contribution in [2.45, 2.75) is 25.0 Å². The Hall–Kier alpha value is -2.26. The summed E-state index contributed by atoms with van der Waals surface area (Å²) < 4.78 is 5.54. The monoisotopic (exact) mass is 361 g/mol. The number of benzene rings is 1. The van der Waals surface area contributed by atoms with Gasteiger partial charge in [0.25, 0.3) is 5.22 Å². The number of aromatic nitrogens is 4. The van der Waals surface area contributed by atoms with Crippen LogP contribution in [-0.2, 0) is 4.79 Å². The SMILES string of the molecule is CC(C)c1nnc(NC(=O)CSc2nnc(-c3ccccc3)o2)s1. The van der Waals surface area contributed by atoms with Gasteiger partial charge in [-0.1, -0.05) is 55.1 Å². The van der Waals surface area contributed by atoms with E-state index in [1.54, 1.807) is 0 Å². The van der Waals surface area contributed by atoms with Crippen molar-refractivity contribution in [2.24, 2.45) is 0 Å². The normalized spacial score (nSPS) is 11.0. The summed E-state index contributed by atoms with van der Waals surface area (Å²) in [6, 6.07) is 9.48. The van der Waals surface area contributed by atoms with Crippen LogP contribution in [0, 0.1) is 0 Å². The van der Waals surface area contributed by atoms with Crippen molar-refractivity contribution in [3.63, 3.8) is 0 Å². The molecule has 0 saturated heterocycles. The molecule has 2 heterocycles. The number of nitrogens with zero attached hydrogens (tertiary/aromatic N) is 4. The molecule has 0 aliphatic heterocycles. The molecule has 1 amide bonds. The van der Waals surface area contributed by atoms with Gasteiger partial charge in [0.2, 0.25) is 16.9 Å². The predicted molar refractivity (Wildman–Crippen MR) is 93.1 cm³/mol. The molecular weight excluding hydrogens is 346 g/mol. The molecule has 0 aliphatic carbocycles. The first-order chi connectivity index (χ1) is 11.6. The summed E-state index contributed by atoms with van der Waals surface area (Å²) in [4.78, 5) is 12.0. The molecule has 0 unspecified atom stereocenters. The molecule has 24 heavy (non-hydrogen) atoms. The summed E-state index contributed by atoms with van der Waals surface area (Å²) in [6.45, 7) is 4.06. The first kappa shape index (κ1) is 16.6. The largest absolute Gasteiger partial charge is 0.411 e. The zero-order chi connectivity index (χ0) is 16.9. The van der Waals surface area contributed by atoms with E-state index in [4.69, 9.17) is 4.42 Å². The van der Waals surface area contributed by atoms with Crippen LogP contribution in [0.3, 0.4) is 0 Å². The van der Waals surface area contributed by atoms with E-state index in [9.17, 15) is 4.79 Å². The van der Waals surface area contributed by atoms with E-state index in [1.165, 1.54) is 23.1 Å². The van der Waals surface area contributed by atoms with Gasteiger partial charge in [-0.2, -0.15) is 0 Å². The number of nitrogens with one attached hydrogen (secondary N) is 1. The zero-order valence-corrected chi connectivity index (χ0v) is 14.7. The molecule has 0 fully saturated rings. The minimum atomic E-state index is -0.189. The quantitative estimate of drug-likeness (QED) is 0.672. The van der Waals surface area contributed by atoms with Crippen molar-refractivity contribution in [3.8, 4) is 11.5 Å². The van der Waals surface area contributed by atoms with E-state index < -0.39 is 0 Å². The van der Waals surface area contributed by atoms with Crippen LogP contribution in [0.5, 0.6) is 0 Å². The Morgan fingerprint density at radius 1 is 1.21 bits per heavy atom. The van der Waals surface area contributed by atoms with Crippen molar-refractivity contribution < 1.29 is 9.21 Å². The van der Waals surface area contributed by atoms with Crippen LogP contribution in [0.25, 0.3) is 11.5 Å².